The highest BCUT2D eigenvalue weighted by molar-refractivity contribution is 14.1. The Bertz CT molecular complexity index is 667. The number of benzene rings is 2. The van der Waals surface area contributed by atoms with E-state index in [4.69, 9.17) is 4.74 Å². The molecule has 0 fully saturated rings. The molecule has 5 heteroatoms. The van der Waals surface area contributed by atoms with Gasteiger partial charge in [-0.3, -0.25) is 4.79 Å². The van der Waals surface area contributed by atoms with E-state index in [1.54, 1.807) is 18.2 Å². The topological polar surface area (TPSA) is 43.4 Å². The molecular weight excluding hydrogens is 386 g/mol. The molecule has 0 aliphatic heterocycles. The van der Waals surface area contributed by atoms with Crippen molar-refractivity contribution in [2.24, 2.45) is 0 Å². The number of rotatable bonds is 4. The summed E-state index contributed by atoms with van der Waals surface area (Å²) in [6, 6.07) is 12.1. The third kappa shape index (κ3) is 3.87. The fourth-order valence-corrected chi connectivity index (χ4v) is 2.36. The summed E-state index contributed by atoms with van der Waals surface area (Å²) in [6.45, 7) is 1.50. The second-order valence-corrected chi connectivity index (χ2v) is 5.56. The standard InChI is InChI=1S/C16H12FIO3/c1-10(15(19)11-6-8-12(17)9-7-11)21-16(20)13-4-2-3-5-14(13)18/h2-10H,1H3/t10-/m0/s1. The van der Waals surface area contributed by atoms with E-state index in [9.17, 15) is 14.0 Å². The van der Waals surface area contributed by atoms with Gasteiger partial charge in [-0.2, -0.15) is 0 Å². The molecule has 0 aliphatic carbocycles. The molecule has 0 amide bonds. The smallest absolute Gasteiger partial charge is 0.339 e. The Morgan fingerprint density at radius 1 is 1.10 bits per heavy atom. The van der Waals surface area contributed by atoms with E-state index in [0.29, 0.717) is 11.1 Å². The van der Waals surface area contributed by atoms with E-state index in [2.05, 4.69) is 0 Å². The molecule has 21 heavy (non-hydrogen) atoms. The summed E-state index contributed by atoms with van der Waals surface area (Å²) in [7, 11) is 0. The number of halogens is 2. The van der Waals surface area contributed by atoms with Crippen molar-refractivity contribution in [3.05, 3.63) is 69.0 Å². The van der Waals surface area contributed by atoms with Crippen molar-refractivity contribution in [3.8, 4) is 0 Å². The first-order chi connectivity index (χ1) is 9.99. The lowest BCUT2D eigenvalue weighted by Gasteiger charge is -2.13. The minimum atomic E-state index is -0.932. The van der Waals surface area contributed by atoms with Gasteiger partial charge in [-0.1, -0.05) is 12.1 Å². The van der Waals surface area contributed by atoms with Gasteiger partial charge in [-0.25, -0.2) is 9.18 Å². The summed E-state index contributed by atoms with van der Waals surface area (Å²) < 4.78 is 18.8. The van der Waals surface area contributed by atoms with Crippen molar-refractivity contribution in [1.82, 2.24) is 0 Å². The van der Waals surface area contributed by atoms with E-state index in [1.165, 1.54) is 31.2 Å². The maximum absolute atomic E-state index is 12.8. The van der Waals surface area contributed by atoms with Gasteiger partial charge in [0, 0.05) is 9.13 Å². The third-order valence-electron chi connectivity index (χ3n) is 2.88. The van der Waals surface area contributed by atoms with Crippen LogP contribution >= 0.6 is 22.6 Å². The Balaban J connectivity index is 2.09. The van der Waals surface area contributed by atoms with Gasteiger partial charge in [-0.15, -0.1) is 0 Å². The Morgan fingerprint density at radius 3 is 2.33 bits per heavy atom. The van der Waals surface area contributed by atoms with Gasteiger partial charge in [-0.05, 0) is 65.9 Å². The SMILES string of the molecule is C[C@H](OC(=O)c1ccccc1I)C(=O)c1ccc(F)cc1. The van der Waals surface area contributed by atoms with Gasteiger partial charge < -0.3 is 4.74 Å². The lowest BCUT2D eigenvalue weighted by Crippen LogP contribution is -2.24. The molecule has 0 saturated heterocycles. The molecule has 0 N–H and O–H groups in total. The van der Waals surface area contributed by atoms with Crippen LogP contribution in [0.3, 0.4) is 0 Å². The summed E-state index contributed by atoms with van der Waals surface area (Å²) in [5.41, 5.74) is 0.719. The zero-order valence-corrected chi connectivity index (χ0v) is 13.3. The zero-order chi connectivity index (χ0) is 15.4. The molecule has 0 heterocycles. The zero-order valence-electron chi connectivity index (χ0n) is 11.2. The van der Waals surface area contributed by atoms with Crippen molar-refractivity contribution < 1.29 is 18.7 Å². The van der Waals surface area contributed by atoms with Gasteiger partial charge >= 0.3 is 5.97 Å². The average Bonchev–Trinajstić information content (AvgIpc) is 2.47. The molecule has 3 nitrogen and oxygen atoms in total. The molecule has 0 spiro atoms. The molecule has 2 aromatic rings. The van der Waals surface area contributed by atoms with Crippen molar-refractivity contribution in [3.63, 3.8) is 0 Å². The first kappa shape index (κ1) is 15.6. The summed E-state index contributed by atoms with van der Waals surface area (Å²) in [5.74, 6) is -1.34. The van der Waals surface area contributed by atoms with E-state index < -0.39 is 17.9 Å². The molecule has 2 rings (SSSR count). The highest BCUT2D eigenvalue weighted by atomic mass is 127. The predicted molar refractivity (Wildman–Crippen MR) is 84.8 cm³/mol. The molecule has 0 radical (unpaired) electrons. The Kier molecular flexibility index (Phi) is 5.06. The lowest BCUT2D eigenvalue weighted by atomic mass is 10.1. The lowest BCUT2D eigenvalue weighted by molar-refractivity contribution is 0.0317. The maximum Gasteiger partial charge on any atom is 0.339 e. The summed E-state index contributed by atoms with van der Waals surface area (Å²) >= 11 is 2.03. The number of ether oxygens (including phenoxy) is 1. The molecule has 0 aliphatic rings. The summed E-state index contributed by atoms with van der Waals surface area (Å²) in [4.78, 5) is 24.1. The van der Waals surface area contributed by atoms with Crippen LogP contribution < -0.4 is 0 Å². The number of Topliss-reactive ketones (excluding diaryl/α,β-unsaturated/α-hetero) is 1. The molecule has 0 aromatic heterocycles. The second-order valence-electron chi connectivity index (χ2n) is 4.40. The number of ketones is 1. The van der Waals surface area contributed by atoms with Gasteiger partial charge in [0.2, 0.25) is 5.78 Å². The first-order valence-electron chi connectivity index (χ1n) is 6.24. The third-order valence-corrected chi connectivity index (χ3v) is 3.82. The highest BCUT2D eigenvalue weighted by Crippen LogP contribution is 2.15. The van der Waals surface area contributed by atoms with Crippen LogP contribution in [-0.2, 0) is 4.74 Å². The van der Waals surface area contributed by atoms with Crippen molar-refractivity contribution in [1.29, 1.82) is 0 Å². The van der Waals surface area contributed by atoms with Gasteiger partial charge in [0.25, 0.3) is 0 Å². The number of carbonyl (C=O) groups excluding carboxylic acids is 2. The predicted octanol–water partition coefficient (Wildman–Crippen LogP) is 3.86. The van der Waals surface area contributed by atoms with Crippen LogP contribution in [0.1, 0.15) is 27.6 Å². The van der Waals surface area contributed by atoms with E-state index >= 15 is 0 Å². The van der Waals surface area contributed by atoms with Crippen LogP contribution in [-0.4, -0.2) is 17.9 Å². The Hall–Kier alpha value is -1.76. The van der Waals surface area contributed by atoms with Crippen LogP contribution in [0.15, 0.2) is 48.5 Å². The molecule has 108 valence electrons. The molecule has 2 aromatic carbocycles. The second kappa shape index (κ2) is 6.80. The normalized spacial score (nSPS) is 11.8. The van der Waals surface area contributed by atoms with E-state index in [-0.39, 0.29) is 5.78 Å². The number of carbonyl (C=O) groups is 2. The van der Waals surface area contributed by atoms with Crippen LogP contribution in [0.25, 0.3) is 0 Å². The fourth-order valence-electron chi connectivity index (χ4n) is 1.75. The van der Waals surface area contributed by atoms with Crippen LogP contribution in [0.4, 0.5) is 4.39 Å². The maximum atomic E-state index is 12.8. The van der Waals surface area contributed by atoms with Crippen molar-refractivity contribution in [2.45, 2.75) is 13.0 Å². The number of esters is 1. The molecule has 0 unspecified atom stereocenters. The van der Waals surface area contributed by atoms with Crippen LogP contribution in [0.2, 0.25) is 0 Å². The average molecular weight is 398 g/mol. The van der Waals surface area contributed by atoms with Gasteiger partial charge in [0.1, 0.15) is 5.82 Å². The van der Waals surface area contributed by atoms with Crippen molar-refractivity contribution >= 4 is 34.3 Å². The summed E-state index contributed by atoms with van der Waals surface area (Å²) in [6.07, 6.45) is -0.932. The fraction of sp³-hybridized carbons (Fsp3) is 0.125. The van der Waals surface area contributed by atoms with E-state index in [0.717, 1.165) is 3.57 Å². The van der Waals surface area contributed by atoms with Crippen LogP contribution in [0.5, 0.6) is 0 Å². The minimum Gasteiger partial charge on any atom is -0.451 e. The first-order valence-corrected chi connectivity index (χ1v) is 7.32. The van der Waals surface area contributed by atoms with E-state index in [1.807, 2.05) is 28.7 Å². The molecule has 0 bridgehead atoms. The largest absolute Gasteiger partial charge is 0.451 e. The van der Waals surface area contributed by atoms with Crippen LogP contribution in [0, 0.1) is 9.39 Å². The quantitative estimate of drug-likeness (QED) is 0.447. The summed E-state index contributed by atoms with van der Waals surface area (Å²) in [5, 5.41) is 0. The highest BCUT2D eigenvalue weighted by Gasteiger charge is 2.21. The monoisotopic (exact) mass is 398 g/mol. The number of hydrogen-bond acceptors (Lipinski definition) is 3. The minimum absolute atomic E-state index is 0.305. The molecule has 1 atom stereocenters. The number of hydrogen-bond donors (Lipinski definition) is 0. The Morgan fingerprint density at radius 2 is 1.71 bits per heavy atom. The Labute approximate surface area is 135 Å². The molecule has 0 saturated carbocycles. The van der Waals surface area contributed by atoms with Gasteiger partial charge in [0.05, 0.1) is 5.56 Å². The van der Waals surface area contributed by atoms with Crippen molar-refractivity contribution in [2.75, 3.05) is 0 Å². The van der Waals surface area contributed by atoms with Gasteiger partial charge in [0.15, 0.2) is 6.10 Å². The molecular formula is C16H12FIO3.